The molecule has 0 saturated carbocycles. The van der Waals surface area contributed by atoms with Crippen LogP contribution in [0.3, 0.4) is 0 Å². The first-order valence-electron chi connectivity index (χ1n) is 3.58. The summed E-state index contributed by atoms with van der Waals surface area (Å²) >= 11 is 3.26. The maximum atomic E-state index is 3.26. The number of benzene rings is 1. The van der Waals surface area contributed by atoms with Crippen molar-refractivity contribution in [2.24, 2.45) is 0 Å². The van der Waals surface area contributed by atoms with Gasteiger partial charge in [0.05, 0.1) is 0 Å². The summed E-state index contributed by atoms with van der Waals surface area (Å²) in [5, 5.41) is 0. The third kappa shape index (κ3) is 2.19. The molecule has 1 aromatic rings. The van der Waals surface area contributed by atoms with Crippen molar-refractivity contribution in [3.8, 4) is 0 Å². The largest absolute Gasteiger partial charge is 0.0595 e. The molecule has 1 rings (SSSR count). The molecular formula is C10H11Br. The van der Waals surface area contributed by atoms with Crippen LogP contribution in [0.25, 0.3) is 6.08 Å². The van der Waals surface area contributed by atoms with Crippen molar-refractivity contribution in [3.05, 3.63) is 39.9 Å². The van der Waals surface area contributed by atoms with Gasteiger partial charge in [-0.3, -0.25) is 0 Å². The molecule has 1 aromatic carbocycles. The van der Waals surface area contributed by atoms with E-state index in [1.54, 1.807) is 0 Å². The average Bonchev–Trinajstić information content (AvgIpc) is 1.98. The summed E-state index contributed by atoms with van der Waals surface area (Å²) in [7, 11) is 0. The van der Waals surface area contributed by atoms with Crippen LogP contribution in [0.1, 0.15) is 16.7 Å². The standard InChI is InChI=1S/C10H11Br/c1-8-3-4-9(2)10(7-8)5-6-11/h3-7H,1-2H3/b6-5-. The molecule has 0 aliphatic rings. The lowest BCUT2D eigenvalue weighted by atomic mass is 10.1. The molecule has 0 atom stereocenters. The Morgan fingerprint density at radius 1 is 1.27 bits per heavy atom. The zero-order valence-electron chi connectivity index (χ0n) is 6.76. The second-order valence-corrected chi connectivity index (χ2v) is 3.18. The molecule has 1 heteroatoms. The first-order valence-corrected chi connectivity index (χ1v) is 4.49. The molecule has 0 N–H and O–H groups in total. The van der Waals surface area contributed by atoms with Gasteiger partial charge in [-0.25, -0.2) is 0 Å². The van der Waals surface area contributed by atoms with Crippen molar-refractivity contribution >= 4 is 22.0 Å². The van der Waals surface area contributed by atoms with E-state index in [0.717, 1.165) is 0 Å². The molecule has 11 heavy (non-hydrogen) atoms. The molecule has 0 radical (unpaired) electrons. The molecule has 0 aliphatic carbocycles. The van der Waals surface area contributed by atoms with Crippen molar-refractivity contribution in [3.63, 3.8) is 0 Å². The predicted octanol–water partition coefficient (Wildman–Crippen LogP) is 3.67. The SMILES string of the molecule is Cc1ccc(C)c(/C=C\Br)c1. The quantitative estimate of drug-likeness (QED) is 0.664. The summed E-state index contributed by atoms with van der Waals surface area (Å²) in [5.41, 5.74) is 3.89. The number of halogens is 1. The van der Waals surface area contributed by atoms with Crippen molar-refractivity contribution < 1.29 is 0 Å². The molecule has 0 amide bonds. The molecule has 0 bridgehead atoms. The van der Waals surface area contributed by atoms with Crippen molar-refractivity contribution in [1.82, 2.24) is 0 Å². The summed E-state index contributed by atoms with van der Waals surface area (Å²) in [4.78, 5) is 1.88. The number of rotatable bonds is 1. The topological polar surface area (TPSA) is 0 Å². The molecule has 0 aliphatic heterocycles. The van der Waals surface area contributed by atoms with Crippen LogP contribution in [-0.4, -0.2) is 0 Å². The predicted molar refractivity (Wildman–Crippen MR) is 53.9 cm³/mol. The van der Waals surface area contributed by atoms with Crippen molar-refractivity contribution in [2.75, 3.05) is 0 Å². The lowest BCUT2D eigenvalue weighted by molar-refractivity contribution is 1.38. The van der Waals surface area contributed by atoms with E-state index in [9.17, 15) is 0 Å². The lowest BCUT2D eigenvalue weighted by Gasteiger charge is -2.00. The Morgan fingerprint density at radius 3 is 2.64 bits per heavy atom. The molecule has 0 nitrogen and oxygen atoms in total. The summed E-state index contributed by atoms with van der Waals surface area (Å²) < 4.78 is 0. The minimum absolute atomic E-state index is 1.28. The van der Waals surface area contributed by atoms with Gasteiger partial charge in [-0.05, 0) is 36.0 Å². The lowest BCUT2D eigenvalue weighted by Crippen LogP contribution is -1.80. The smallest absolute Gasteiger partial charge is 0.0183 e. The number of hydrogen-bond acceptors (Lipinski definition) is 0. The average molecular weight is 211 g/mol. The summed E-state index contributed by atoms with van der Waals surface area (Å²) in [6, 6.07) is 6.44. The number of hydrogen-bond donors (Lipinski definition) is 0. The monoisotopic (exact) mass is 210 g/mol. The van der Waals surface area contributed by atoms with E-state index in [2.05, 4.69) is 54.1 Å². The molecule has 58 valence electrons. The van der Waals surface area contributed by atoms with Crippen LogP contribution in [-0.2, 0) is 0 Å². The van der Waals surface area contributed by atoms with Crippen LogP contribution in [0.5, 0.6) is 0 Å². The molecule has 0 aromatic heterocycles. The highest BCUT2D eigenvalue weighted by Crippen LogP contribution is 2.12. The summed E-state index contributed by atoms with van der Waals surface area (Å²) in [5.74, 6) is 0. The molecule has 0 unspecified atom stereocenters. The van der Waals surface area contributed by atoms with E-state index < -0.39 is 0 Å². The van der Waals surface area contributed by atoms with E-state index in [1.807, 2.05) is 4.99 Å². The van der Waals surface area contributed by atoms with Crippen molar-refractivity contribution in [1.29, 1.82) is 0 Å². The Bertz CT molecular complexity index is 274. The Morgan fingerprint density at radius 2 is 2.00 bits per heavy atom. The van der Waals surface area contributed by atoms with Gasteiger partial charge in [-0.15, -0.1) is 0 Å². The third-order valence-corrected chi connectivity index (χ3v) is 1.94. The van der Waals surface area contributed by atoms with Gasteiger partial charge >= 0.3 is 0 Å². The Labute approximate surface area is 76.1 Å². The van der Waals surface area contributed by atoms with Crippen LogP contribution in [0.2, 0.25) is 0 Å². The normalized spacial score (nSPS) is 10.8. The highest BCUT2D eigenvalue weighted by Gasteiger charge is 1.92. The van der Waals surface area contributed by atoms with E-state index >= 15 is 0 Å². The van der Waals surface area contributed by atoms with Crippen molar-refractivity contribution in [2.45, 2.75) is 13.8 Å². The van der Waals surface area contributed by atoms with E-state index in [1.165, 1.54) is 16.7 Å². The molecule has 0 heterocycles. The highest BCUT2D eigenvalue weighted by molar-refractivity contribution is 9.11. The fourth-order valence-corrected chi connectivity index (χ4v) is 1.29. The highest BCUT2D eigenvalue weighted by atomic mass is 79.9. The second kappa shape index (κ2) is 3.72. The maximum absolute atomic E-state index is 3.26. The third-order valence-electron chi connectivity index (χ3n) is 1.68. The van der Waals surface area contributed by atoms with Gasteiger partial charge in [-0.1, -0.05) is 39.7 Å². The van der Waals surface area contributed by atoms with E-state index in [-0.39, 0.29) is 0 Å². The summed E-state index contributed by atoms with van der Waals surface area (Å²) in [6.07, 6.45) is 2.06. The van der Waals surface area contributed by atoms with Crippen LogP contribution < -0.4 is 0 Å². The Kier molecular flexibility index (Phi) is 2.89. The Balaban J connectivity index is 3.12. The van der Waals surface area contributed by atoms with Gasteiger partial charge in [-0.2, -0.15) is 0 Å². The van der Waals surface area contributed by atoms with Crippen LogP contribution in [0, 0.1) is 13.8 Å². The first-order chi connectivity index (χ1) is 5.24. The zero-order valence-corrected chi connectivity index (χ0v) is 8.35. The molecule has 0 fully saturated rings. The van der Waals surface area contributed by atoms with Gasteiger partial charge in [0.25, 0.3) is 0 Å². The van der Waals surface area contributed by atoms with Crippen LogP contribution in [0.15, 0.2) is 23.2 Å². The first kappa shape index (κ1) is 8.54. The van der Waals surface area contributed by atoms with Gasteiger partial charge in [0.15, 0.2) is 0 Å². The summed E-state index contributed by atoms with van der Waals surface area (Å²) in [6.45, 7) is 4.22. The fraction of sp³-hybridized carbons (Fsp3) is 0.200. The molecular weight excluding hydrogens is 200 g/mol. The minimum atomic E-state index is 1.28. The van der Waals surface area contributed by atoms with E-state index in [4.69, 9.17) is 0 Å². The Hall–Kier alpha value is -0.560. The van der Waals surface area contributed by atoms with Gasteiger partial charge in [0, 0.05) is 0 Å². The fourth-order valence-electron chi connectivity index (χ4n) is 1.01. The van der Waals surface area contributed by atoms with Gasteiger partial charge in [0.2, 0.25) is 0 Å². The number of aryl methyl sites for hydroxylation is 2. The van der Waals surface area contributed by atoms with Gasteiger partial charge in [0.1, 0.15) is 0 Å². The minimum Gasteiger partial charge on any atom is -0.0595 e. The second-order valence-electron chi connectivity index (χ2n) is 2.65. The van der Waals surface area contributed by atoms with Crippen LogP contribution >= 0.6 is 15.9 Å². The zero-order chi connectivity index (χ0) is 8.27. The maximum Gasteiger partial charge on any atom is -0.0183 e. The van der Waals surface area contributed by atoms with E-state index in [0.29, 0.717) is 0 Å². The molecule has 0 saturated heterocycles. The van der Waals surface area contributed by atoms with Crippen LogP contribution in [0.4, 0.5) is 0 Å². The molecule has 0 spiro atoms. The van der Waals surface area contributed by atoms with Gasteiger partial charge < -0.3 is 0 Å².